The largest absolute Gasteiger partial charge is 0.492 e. The molecule has 0 spiro atoms. The van der Waals surface area contributed by atoms with Crippen molar-refractivity contribution in [2.75, 3.05) is 0 Å². The first-order valence-corrected chi connectivity index (χ1v) is 4.24. The molecule has 1 aromatic carbocycles. The highest BCUT2D eigenvalue weighted by molar-refractivity contribution is 6.61. The smallest absolute Gasteiger partial charge is 0.423 e. The van der Waals surface area contributed by atoms with Crippen LogP contribution in [0.25, 0.3) is 0 Å². The van der Waals surface area contributed by atoms with Crippen LogP contribution in [0.15, 0.2) is 12.1 Å². The van der Waals surface area contributed by atoms with Crippen molar-refractivity contribution in [2.24, 2.45) is 0 Å². The number of nitro groups is 1. The SMILES string of the molecule is O=[N+]([O-])c1cc2c(cc1Cl)COB2O. The maximum atomic E-state index is 10.5. The van der Waals surface area contributed by atoms with Gasteiger partial charge in [0, 0.05) is 6.07 Å². The highest BCUT2D eigenvalue weighted by atomic mass is 35.5. The Labute approximate surface area is 84.5 Å². The molecule has 0 saturated carbocycles. The van der Waals surface area contributed by atoms with Crippen LogP contribution in [-0.4, -0.2) is 17.1 Å². The Morgan fingerprint density at radius 1 is 1.64 bits per heavy atom. The van der Waals surface area contributed by atoms with Crippen LogP contribution in [0.1, 0.15) is 5.56 Å². The molecule has 1 heterocycles. The van der Waals surface area contributed by atoms with Crippen LogP contribution in [-0.2, 0) is 11.3 Å². The minimum Gasteiger partial charge on any atom is -0.423 e. The zero-order chi connectivity index (χ0) is 10.3. The lowest BCUT2D eigenvalue weighted by Crippen LogP contribution is -2.28. The summed E-state index contributed by atoms with van der Waals surface area (Å²) in [5, 5.41) is 19.9. The molecule has 0 aromatic heterocycles. The van der Waals surface area contributed by atoms with Gasteiger partial charge in [0.25, 0.3) is 5.69 Å². The van der Waals surface area contributed by atoms with E-state index in [0.717, 1.165) is 0 Å². The van der Waals surface area contributed by atoms with Crippen LogP contribution in [0.2, 0.25) is 5.02 Å². The van der Waals surface area contributed by atoms with Crippen molar-refractivity contribution >= 4 is 29.9 Å². The minimum absolute atomic E-state index is 0.0615. The van der Waals surface area contributed by atoms with Crippen LogP contribution in [0.5, 0.6) is 0 Å². The molecule has 0 aliphatic carbocycles. The number of nitro benzene ring substituents is 1. The van der Waals surface area contributed by atoms with E-state index in [1.807, 2.05) is 0 Å². The Morgan fingerprint density at radius 2 is 2.36 bits per heavy atom. The lowest BCUT2D eigenvalue weighted by atomic mass is 9.79. The molecule has 1 aromatic rings. The summed E-state index contributed by atoms with van der Waals surface area (Å²) in [6.45, 7) is 0.230. The Morgan fingerprint density at radius 3 is 3.00 bits per heavy atom. The van der Waals surface area contributed by atoms with Crippen LogP contribution >= 0.6 is 11.6 Å². The second-order valence-corrected chi connectivity index (χ2v) is 3.33. The van der Waals surface area contributed by atoms with E-state index in [1.54, 1.807) is 0 Å². The number of halogens is 1. The molecule has 1 N–H and O–H groups in total. The van der Waals surface area contributed by atoms with Crippen LogP contribution in [0.3, 0.4) is 0 Å². The van der Waals surface area contributed by atoms with Crippen LogP contribution < -0.4 is 5.46 Å². The van der Waals surface area contributed by atoms with Gasteiger partial charge in [0.1, 0.15) is 5.02 Å². The molecule has 2 rings (SSSR count). The maximum Gasteiger partial charge on any atom is 0.492 e. The molecule has 0 fully saturated rings. The monoisotopic (exact) mass is 213 g/mol. The molecular formula is C7H5BClNO4. The van der Waals surface area contributed by atoms with Gasteiger partial charge < -0.3 is 9.68 Å². The van der Waals surface area contributed by atoms with Gasteiger partial charge in [0.15, 0.2) is 0 Å². The minimum atomic E-state index is -1.08. The predicted molar refractivity (Wildman–Crippen MR) is 50.5 cm³/mol. The molecule has 7 heteroatoms. The Balaban J connectivity index is 2.57. The van der Waals surface area contributed by atoms with E-state index in [4.69, 9.17) is 16.3 Å². The molecule has 0 saturated heterocycles. The fourth-order valence-corrected chi connectivity index (χ4v) is 1.63. The third kappa shape index (κ3) is 1.37. The number of rotatable bonds is 1. The van der Waals surface area contributed by atoms with E-state index in [2.05, 4.69) is 0 Å². The summed E-state index contributed by atoms with van der Waals surface area (Å²) in [5.41, 5.74) is 0.893. The van der Waals surface area contributed by atoms with Crippen molar-refractivity contribution in [3.63, 3.8) is 0 Å². The zero-order valence-corrected chi connectivity index (χ0v) is 7.69. The van der Waals surface area contributed by atoms with Crippen molar-refractivity contribution in [2.45, 2.75) is 6.61 Å². The predicted octanol–water partition coefficient (Wildman–Crippen LogP) is 0.466. The maximum absolute atomic E-state index is 10.5. The van der Waals surface area contributed by atoms with Gasteiger partial charge in [-0.3, -0.25) is 10.1 Å². The third-order valence-electron chi connectivity index (χ3n) is 2.07. The van der Waals surface area contributed by atoms with Crippen molar-refractivity contribution in [1.82, 2.24) is 0 Å². The van der Waals surface area contributed by atoms with E-state index < -0.39 is 12.0 Å². The van der Waals surface area contributed by atoms with Gasteiger partial charge in [-0.1, -0.05) is 11.6 Å². The van der Waals surface area contributed by atoms with Gasteiger partial charge in [0.2, 0.25) is 0 Å². The second-order valence-electron chi connectivity index (χ2n) is 2.92. The number of nitrogens with zero attached hydrogens (tertiary/aromatic N) is 1. The van der Waals surface area contributed by atoms with E-state index in [-0.39, 0.29) is 17.3 Å². The van der Waals surface area contributed by atoms with Gasteiger partial charge >= 0.3 is 7.12 Å². The summed E-state index contributed by atoms with van der Waals surface area (Å²) in [5.74, 6) is 0. The number of hydrogen-bond donors (Lipinski definition) is 1. The molecule has 0 radical (unpaired) electrons. The molecule has 0 atom stereocenters. The summed E-state index contributed by atoms with van der Waals surface area (Å²) < 4.78 is 4.89. The third-order valence-corrected chi connectivity index (χ3v) is 2.37. The van der Waals surface area contributed by atoms with Gasteiger partial charge in [-0.05, 0) is 17.1 Å². The molecule has 1 aliphatic heterocycles. The first kappa shape index (κ1) is 9.45. The average Bonchev–Trinajstić information content (AvgIpc) is 2.46. The first-order chi connectivity index (χ1) is 6.59. The Kier molecular flexibility index (Phi) is 2.18. The molecule has 0 unspecified atom stereocenters. The van der Waals surface area contributed by atoms with Gasteiger partial charge in [0.05, 0.1) is 11.5 Å². The number of benzene rings is 1. The van der Waals surface area contributed by atoms with Gasteiger partial charge in [-0.25, -0.2) is 0 Å². The molecule has 0 amide bonds. The second kappa shape index (κ2) is 3.23. The van der Waals surface area contributed by atoms with Crippen LogP contribution in [0, 0.1) is 10.1 Å². The molecule has 72 valence electrons. The quantitative estimate of drug-likeness (QED) is 0.418. The molecule has 14 heavy (non-hydrogen) atoms. The van der Waals surface area contributed by atoms with E-state index in [1.165, 1.54) is 12.1 Å². The standard InChI is InChI=1S/C7H5BClNO4/c9-6-1-4-3-14-8(11)5(4)2-7(6)10(12)13/h1-2,11H,3H2. The fraction of sp³-hybridized carbons (Fsp3) is 0.143. The Bertz CT molecular complexity index is 411. The first-order valence-electron chi connectivity index (χ1n) is 3.86. The summed E-state index contributed by atoms with van der Waals surface area (Å²) in [6, 6.07) is 2.70. The normalized spacial score (nSPS) is 14.3. The highest BCUT2D eigenvalue weighted by Gasteiger charge is 2.30. The highest BCUT2D eigenvalue weighted by Crippen LogP contribution is 2.26. The van der Waals surface area contributed by atoms with Gasteiger partial charge in [-0.15, -0.1) is 0 Å². The average molecular weight is 213 g/mol. The van der Waals surface area contributed by atoms with E-state index in [0.29, 0.717) is 11.0 Å². The van der Waals surface area contributed by atoms with Gasteiger partial charge in [-0.2, -0.15) is 0 Å². The van der Waals surface area contributed by atoms with Crippen molar-refractivity contribution in [1.29, 1.82) is 0 Å². The lowest BCUT2D eigenvalue weighted by molar-refractivity contribution is -0.384. The van der Waals surface area contributed by atoms with Crippen molar-refractivity contribution < 1.29 is 14.6 Å². The molecule has 0 bridgehead atoms. The van der Waals surface area contributed by atoms with E-state index in [9.17, 15) is 15.1 Å². The summed E-state index contributed by atoms with van der Waals surface area (Å²) >= 11 is 5.67. The number of hydrogen-bond acceptors (Lipinski definition) is 4. The lowest BCUT2D eigenvalue weighted by Gasteiger charge is -1.99. The summed E-state index contributed by atoms with van der Waals surface area (Å²) in [4.78, 5) is 9.94. The molecular weight excluding hydrogens is 208 g/mol. The van der Waals surface area contributed by atoms with Crippen molar-refractivity contribution in [3.8, 4) is 0 Å². The Hall–Kier alpha value is -1.11. The molecule has 5 nitrogen and oxygen atoms in total. The summed E-state index contributed by atoms with van der Waals surface area (Å²) in [7, 11) is -1.08. The number of fused-ring (bicyclic) bond motifs is 1. The fourth-order valence-electron chi connectivity index (χ4n) is 1.37. The zero-order valence-electron chi connectivity index (χ0n) is 6.94. The van der Waals surface area contributed by atoms with Crippen molar-refractivity contribution in [3.05, 3.63) is 32.8 Å². The topological polar surface area (TPSA) is 72.6 Å². The molecule has 1 aliphatic rings. The van der Waals surface area contributed by atoms with E-state index >= 15 is 0 Å². The summed E-state index contributed by atoms with van der Waals surface area (Å²) in [6.07, 6.45) is 0. The van der Waals surface area contributed by atoms with Crippen LogP contribution in [0.4, 0.5) is 5.69 Å².